The average molecular weight is 333 g/mol. The number of methoxy groups -OCH3 is 1. The Balaban J connectivity index is 1.85. The van der Waals surface area contributed by atoms with Crippen molar-refractivity contribution in [3.8, 4) is 0 Å². The fraction of sp³-hybridized carbons (Fsp3) is 0.556. The molecule has 0 aliphatic carbocycles. The van der Waals surface area contributed by atoms with Gasteiger partial charge in [0.25, 0.3) is 0 Å². The van der Waals surface area contributed by atoms with Crippen LogP contribution in [-0.2, 0) is 23.8 Å². The molecule has 0 aromatic heterocycles. The molecular formula is C18H23NO5. The van der Waals surface area contributed by atoms with Crippen LogP contribution >= 0.6 is 0 Å². The Kier molecular flexibility index (Phi) is 4.46. The number of carbonyl (C=O) groups is 2. The molecule has 0 saturated carbocycles. The lowest BCUT2D eigenvalue weighted by molar-refractivity contribution is -0.200. The van der Waals surface area contributed by atoms with Crippen molar-refractivity contribution in [3.05, 3.63) is 35.9 Å². The number of amides is 1. The molecule has 2 aliphatic heterocycles. The van der Waals surface area contributed by atoms with E-state index < -0.39 is 30.1 Å². The summed E-state index contributed by atoms with van der Waals surface area (Å²) in [4.78, 5) is 26.5. The van der Waals surface area contributed by atoms with E-state index in [1.165, 1.54) is 18.9 Å². The first-order chi connectivity index (χ1) is 11.4. The van der Waals surface area contributed by atoms with Gasteiger partial charge in [0.05, 0.1) is 18.6 Å². The quantitative estimate of drug-likeness (QED) is 0.770. The second-order valence-electron chi connectivity index (χ2n) is 6.69. The van der Waals surface area contributed by atoms with Crippen LogP contribution in [0.1, 0.15) is 32.6 Å². The molecule has 1 aromatic carbocycles. The third-order valence-electron chi connectivity index (χ3n) is 4.59. The fourth-order valence-electron chi connectivity index (χ4n) is 3.53. The second-order valence-corrected chi connectivity index (χ2v) is 6.69. The summed E-state index contributed by atoms with van der Waals surface area (Å²) in [6.45, 7) is 5.41. The summed E-state index contributed by atoms with van der Waals surface area (Å²) in [5.74, 6) is -1.47. The van der Waals surface area contributed by atoms with Gasteiger partial charge in [0, 0.05) is 12.7 Å². The van der Waals surface area contributed by atoms with Crippen molar-refractivity contribution in [2.24, 2.45) is 5.92 Å². The van der Waals surface area contributed by atoms with Gasteiger partial charge in [-0.15, -0.1) is 0 Å². The van der Waals surface area contributed by atoms with Gasteiger partial charge in [-0.3, -0.25) is 9.59 Å². The average Bonchev–Trinajstić information content (AvgIpc) is 2.89. The highest BCUT2D eigenvalue weighted by atomic mass is 16.7. The minimum absolute atomic E-state index is 0.0779. The molecule has 2 heterocycles. The number of nitrogens with zero attached hydrogens (tertiary/aromatic N) is 1. The molecule has 0 N–H and O–H groups in total. The van der Waals surface area contributed by atoms with Crippen LogP contribution < -0.4 is 0 Å². The van der Waals surface area contributed by atoms with Crippen LogP contribution in [-0.4, -0.2) is 48.2 Å². The Morgan fingerprint density at radius 2 is 2.00 bits per heavy atom. The fourth-order valence-corrected chi connectivity index (χ4v) is 3.53. The molecule has 24 heavy (non-hydrogen) atoms. The first-order valence-electron chi connectivity index (χ1n) is 8.08. The minimum atomic E-state index is -0.729. The molecule has 2 fully saturated rings. The Labute approximate surface area is 141 Å². The van der Waals surface area contributed by atoms with Crippen LogP contribution in [0.15, 0.2) is 30.3 Å². The monoisotopic (exact) mass is 333 g/mol. The van der Waals surface area contributed by atoms with Gasteiger partial charge in [-0.2, -0.15) is 0 Å². The van der Waals surface area contributed by atoms with Gasteiger partial charge in [0.15, 0.2) is 17.8 Å². The molecule has 0 spiro atoms. The van der Waals surface area contributed by atoms with E-state index in [2.05, 4.69) is 0 Å². The molecule has 2 aliphatic rings. The number of β-lactam (4-membered cyclic amide) rings is 1. The zero-order valence-corrected chi connectivity index (χ0v) is 14.4. The second kappa shape index (κ2) is 6.27. The zero-order valence-electron chi connectivity index (χ0n) is 14.4. The van der Waals surface area contributed by atoms with Gasteiger partial charge in [-0.05, 0) is 20.8 Å². The summed E-state index contributed by atoms with van der Waals surface area (Å²) in [6, 6.07) is 8.84. The SMILES string of the molecule is COC(c1ccccc1)N1C(=O)C(C2COC(C)(C)O2)C1C(C)=O. The van der Waals surface area contributed by atoms with Crippen LogP contribution in [0, 0.1) is 5.92 Å². The maximum atomic E-state index is 12.8. The third-order valence-corrected chi connectivity index (χ3v) is 4.59. The molecule has 2 saturated heterocycles. The predicted octanol–water partition coefficient (Wildman–Crippen LogP) is 1.90. The highest BCUT2D eigenvalue weighted by Gasteiger charge is 2.58. The number of ether oxygens (including phenoxy) is 3. The molecule has 4 unspecified atom stereocenters. The van der Waals surface area contributed by atoms with Crippen molar-refractivity contribution in [1.29, 1.82) is 0 Å². The molecular weight excluding hydrogens is 310 g/mol. The maximum absolute atomic E-state index is 12.8. The topological polar surface area (TPSA) is 65.1 Å². The van der Waals surface area contributed by atoms with Crippen LogP contribution in [0.5, 0.6) is 0 Å². The van der Waals surface area contributed by atoms with Crippen LogP contribution in [0.25, 0.3) is 0 Å². The standard InChI is InChI=1S/C18H23NO5/c1-11(20)15-14(13-10-23-18(2,3)24-13)16(21)19(15)17(22-4)12-8-6-5-7-9-12/h5-9,13-15,17H,10H2,1-4H3. The van der Waals surface area contributed by atoms with E-state index in [9.17, 15) is 9.59 Å². The molecule has 6 heteroatoms. The van der Waals surface area contributed by atoms with E-state index >= 15 is 0 Å². The third kappa shape index (κ3) is 2.85. The summed E-state index contributed by atoms with van der Waals surface area (Å²) in [7, 11) is 1.54. The number of Topliss-reactive ketones (excluding diaryl/α,β-unsaturated/α-hetero) is 1. The van der Waals surface area contributed by atoms with Crippen molar-refractivity contribution >= 4 is 11.7 Å². The Bertz CT molecular complexity index is 630. The van der Waals surface area contributed by atoms with Gasteiger partial charge in [0.1, 0.15) is 6.04 Å². The molecule has 6 nitrogen and oxygen atoms in total. The molecule has 4 atom stereocenters. The number of ketones is 1. The van der Waals surface area contributed by atoms with Gasteiger partial charge >= 0.3 is 0 Å². The first-order valence-corrected chi connectivity index (χ1v) is 8.08. The number of rotatable bonds is 5. The number of hydrogen-bond donors (Lipinski definition) is 0. The lowest BCUT2D eigenvalue weighted by Crippen LogP contribution is -2.68. The Morgan fingerprint density at radius 1 is 1.33 bits per heavy atom. The summed E-state index contributed by atoms with van der Waals surface area (Å²) in [6.07, 6.45) is -0.995. The highest BCUT2D eigenvalue weighted by Crippen LogP contribution is 2.42. The minimum Gasteiger partial charge on any atom is -0.357 e. The van der Waals surface area contributed by atoms with Crippen molar-refractivity contribution < 1.29 is 23.8 Å². The van der Waals surface area contributed by atoms with Gasteiger partial charge in [-0.25, -0.2) is 0 Å². The van der Waals surface area contributed by atoms with Crippen molar-refractivity contribution in [1.82, 2.24) is 4.90 Å². The van der Waals surface area contributed by atoms with Gasteiger partial charge in [0.2, 0.25) is 5.91 Å². The lowest BCUT2D eigenvalue weighted by atomic mass is 9.80. The number of likely N-dealkylation sites (tertiary alicyclic amines) is 1. The molecule has 1 aromatic rings. The zero-order chi connectivity index (χ0) is 17.5. The van der Waals surface area contributed by atoms with E-state index in [0.717, 1.165) is 5.56 Å². The van der Waals surface area contributed by atoms with Crippen LogP contribution in [0.2, 0.25) is 0 Å². The van der Waals surface area contributed by atoms with E-state index in [1.54, 1.807) is 13.8 Å². The summed E-state index contributed by atoms with van der Waals surface area (Å²) < 4.78 is 16.9. The molecule has 0 bridgehead atoms. The summed E-state index contributed by atoms with van der Waals surface area (Å²) in [5.41, 5.74) is 0.835. The maximum Gasteiger partial charge on any atom is 0.233 e. The molecule has 3 rings (SSSR count). The smallest absolute Gasteiger partial charge is 0.233 e. The number of benzene rings is 1. The van der Waals surface area contributed by atoms with Gasteiger partial charge in [-0.1, -0.05) is 30.3 Å². The molecule has 0 radical (unpaired) electrons. The Morgan fingerprint density at radius 3 is 2.50 bits per heavy atom. The number of hydrogen-bond acceptors (Lipinski definition) is 5. The molecule has 1 amide bonds. The van der Waals surface area contributed by atoms with Crippen LogP contribution in [0.3, 0.4) is 0 Å². The predicted molar refractivity (Wildman–Crippen MR) is 85.9 cm³/mol. The van der Waals surface area contributed by atoms with Gasteiger partial charge < -0.3 is 19.1 Å². The van der Waals surface area contributed by atoms with Crippen molar-refractivity contribution in [3.63, 3.8) is 0 Å². The first kappa shape index (κ1) is 17.1. The number of carbonyl (C=O) groups excluding carboxylic acids is 2. The molecule has 130 valence electrons. The van der Waals surface area contributed by atoms with E-state index in [1.807, 2.05) is 30.3 Å². The van der Waals surface area contributed by atoms with E-state index in [0.29, 0.717) is 6.61 Å². The van der Waals surface area contributed by atoms with E-state index in [4.69, 9.17) is 14.2 Å². The van der Waals surface area contributed by atoms with Crippen molar-refractivity contribution in [2.45, 2.75) is 44.9 Å². The normalized spacial score (nSPS) is 30.1. The Hall–Kier alpha value is -1.76. The van der Waals surface area contributed by atoms with Crippen LogP contribution in [0.4, 0.5) is 0 Å². The lowest BCUT2D eigenvalue weighted by Gasteiger charge is -2.50. The summed E-state index contributed by atoms with van der Waals surface area (Å²) >= 11 is 0. The highest BCUT2D eigenvalue weighted by molar-refractivity contribution is 5.99. The van der Waals surface area contributed by atoms with Crippen molar-refractivity contribution in [2.75, 3.05) is 13.7 Å². The van der Waals surface area contributed by atoms with E-state index in [-0.39, 0.29) is 11.7 Å². The largest absolute Gasteiger partial charge is 0.357 e. The summed E-state index contributed by atoms with van der Waals surface area (Å²) in [5, 5.41) is 0.